The van der Waals surface area contributed by atoms with Gasteiger partial charge in [0.1, 0.15) is 11.3 Å². The number of hydrogen-bond acceptors (Lipinski definition) is 4. The molecule has 2 heterocycles. The predicted octanol–water partition coefficient (Wildman–Crippen LogP) is 1.96. The molecule has 0 bridgehead atoms. The number of nitrogens with zero attached hydrogens (tertiary/aromatic N) is 2. The average Bonchev–Trinajstić information content (AvgIpc) is 2.83. The second-order valence-electron chi connectivity index (χ2n) is 4.21. The summed E-state index contributed by atoms with van der Waals surface area (Å²) < 4.78 is 13.5. The third kappa shape index (κ3) is 2.52. The van der Waals surface area contributed by atoms with Crippen molar-refractivity contribution < 1.29 is 4.39 Å². The highest BCUT2D eigenvalue weighted by molar-refractivity contribution is 5.85. The van der Waals surface area contributed by atoms with Gasteiger partial charge >= 0.3 is 0 Å². The van der Waals surface area contributed by atoms with Crippen molar-refractivity contribution >= 4 is 29.3 Å². The number of fused-ring (bicyclic) bond motifs is 1. The van der Waals surface area contributed by atoms with Crippen molar-refractivity contribution in [3.63, 3.8) is 0 Å². The Kier molecular flexibility index (Phi) is 3.93. The normalized spacial score (nSPS) is 18.6. The molecule has 2 aromatic rings. The van der Waals surface area contributed by atoms with E-state index in [1.807, 2.05) is 0 Å². The zero-order valence-corrected chi connectivity index (χ0v) is 10.5. The predicted molar refractivity (Wildman–Crippen MR) is 71.6 cm³/mol. The van der Waals surface area contributed by atoms with Gasteiger partial charge in [0.2, 0.25) is 5.95 Å². The number of aromatic nitrogens is 2. The SMILES string of the molecule is Cl.Fc1cccc2cnc(NC3CCNC3)nc12. The van der Waals surface area contributed by atoms with Gasteiger partial charge in [0.05, 0.1) is 0 Å². The van der Waals surface area contributed by atoms with Crippen LogP contribution in [0.25, 0.3) is 10.9 Å². The first-order valence-corrected chi connectivity index (χ1v) is 5.71. The minimum atomic E-state index is -0.308. The first-order chi connectivity index (χ1) is 8.33. The van der Waals surface area contributed by atoms with Crippen LogP contribution in [0.1, 0.15) is 6.42 Å². The van der Waals surface area contributed by atoms with Gasteiger partial charge in [-0.15, -0.1) is 12.4 Å². The fourth-order valence-electron chi connectivity index (χ4n) is 2.05. The topological polar surface area (TPSA) is 49.8 Å². The van der Waals surface area contributed by atoms with Crippen LogP contribution in [-0.2, 0) is 0 Å². The zero-order chi connectivity index (χ0) is 11.7. The molecule has 6 heteroatoms. The first kappa shape index (κ1) is 13.0. The van der Waals surface area contributed by atoms with E-state index in [9.17, 15) is 4.39 Å². The molecule has 3 rings (SSSR count). The van der Waals surface area contributed by atoms with Crippen molar-refractivity contribution in [3.05, 3.63) is 30.2 Å². The molecule has 1 aliphatic heterocycles. The van der Waals surface area contributed by atoms with Crippen LogP contribution in [0.4, 0.5) is 10.3 Å². The Morgan fingerprint density at radius 1 is 1.39 bits per heavy atom. The molecular weight excluding hydrogens is 255 g/mol. The summed E-state index contributed by atoms with van der Waals surface area (Å²) in [6.45, 7) is 1.90. The fraction of sp³-hybridized carbons (Fsp3) is 0.333. The Balaban J connectivity index is 0.00000120. The molecule has 0 saturated carbocycles. The maximum atomic E-state index is 13.5. The summed E-state index contributed by atoms with van der Waals surface area (Å²) >= 11 is 0. The van der Waals surface area contributed by atoms with E-state index in [-0.39, 0.29) is 18.2 Å². The molecule has 0 aliphatic carbocycles. The zero-order valence-electron chi connectivity index (χ0n) is 9.69. The summed E-state index contributed by atoms with van der Waals surface area (Å²) in [5, 5.41) is 7.18. The van der Waals surface area contributed by atoms with E-state index in [1.54, 1.807) is 18.3 Å². The van der Waals surface area contributed by atoms with E-state index in [2.05, 4.69) is 20.6 Å². The van der Waals surface area contributed by atoms with Gasteiger partial charge in [0.25, 0.3) is 0 Å². The van der Waals surface area contributed by atoms with Crippen LogP contribution in [0.3, 0.4) is 0 Å². The smallest absolute Gasteiger partial charge is 0.223 e. The quantitative estimate of drug-likeness (QED) is 0.874. The largest absolute Gasteiger partial charge is 0.350 e. The molecule has 1 aromatic carbocycles. The lowest BCUT2D eigenvalue weighted by molar-refractivity contribution is 0.636. The lowest BCUT2D eigenvalue weighted by atomic mass is 10.2. The van der Waals surface area contributed by atoms with E-state index >= 15 is 0 Å². The van der Waals surface area contributed by atoms with Gasteiger partial charge in [-0.3, -0.25) is 0 Å². The van der Waals surface area contributed by atoms with Crippen molar-refractivity contribution in [2.75, 3.05) is 18.4 Å². The Morgan fingerprint density at radius 3 is 3.06 bits per heavy atom. The van der Waals surface area contributed by atoms with Gasteiger partial charge in [0.15, 0.2) is 0 Å². The number of benzene rings is 1. The summed E-state index contributed by atoms with van der Waals surface area (Å²) in [5.74, 6) is 0.189. The van der Waals surface area contributed by atoms with Crippen LogP contribution in [0, 0.1) is 5.82 Å². The molecule has 96 valence electrons. The molecular formula is C12H14ClFN4. The lowest BCUT2D eigenvalue weighted by Gasteiger charge is -2.11. The van der Waals surface area contributed by atoms with Crippen molar-refractivity contribution in [2.24, 2.45) is 0 Å². The second-order valence-corrected chi connectivity index (χ2v) is 4.21. The van der Waals surface area contributed by atoms with Crippen molar-refractivity contribution in [3.8, 4) is 0 Å². The highest BCUT2D eigenvalue weighted by atomic mass is 35.5. The second kappa shape index (κ2) is 5.46. The summed E-state index contributed by atoms with van der Waals surface area (Å²) in [6.07, 6.45) is 2.69. The minimum absolute atomic E-state index is 0. The van der Waals surface area contributed by atoms with Crippen LogP contribution < -0.4 is 10.6 Å². The third-order valence-corrected chi connectivity index (χ3v) is 2.96. The maximum Gasteiger partial charge on any atom is 0.223 e. The average molecular weight is 269 g/mol. The van der Waals surface area contributed by atoms with E-state index in [0.717, 1.165) is 24.9 Å². The van der Waals surface area contributed by atoms with Gasteiger partial charge < -0.3 is 10.6 Å². The number of halogens is 2. The fourth-order valence-corrected chi connectivity index (χ4v) is 2.05. The minimum Gasteiger partial charge on any atom is -0.350 e. The van der Waals surface area contributed by atoms with Crippen LogP contribution in [0.2, 0.25) is 0 Å². The number of rotatable bonds is 2. The lowest BCUT2D eigenvalue weighted by Crippen LogP contribution is -2.23. The number of para-hydroxylation sites is 1. The van der Waals surface area contributed by atoms with Gasteiger partial charge in [0, 0.05) is 24.2 Å². The Bertz CT molecular complexity index is 543. The van der Waals surface area contributed by atoms with E-state index in [0.29, 0.717) is 17.5 Å². The third-order valence-electron chi connectivity index (χ3n) is 2.96. The van der Waals surface area contributed by atoms with Gasteiger partial charge in [-0.1, -0.05) is 12.1 Å². The molecule has 0 spiro atoms. The molecule has 1 atom stereocenters. The first-order valence-electron chi connectivity index (χ1n) is 5.71. The highest BCUT2D eigenvalue weighted by Crippen LogP contribution is 2.16. The van der Waals surface area contributed by atoms with Crippen LogP contribution in [0.15, 0.2) is 24.4 Å². The Hall–Kier alpha value is -1.46. The molecule has 18 heavy (non-hydrogen) atoms. The molecule has 1 aliphatic rings. The summed E-state index contributed by atoms with van der Waals surface area (Å²) in [6, 6.07) is 5.21. The van der Waals surface area contributed by atoms with Gasteiger partial charge in [-0.25, -0.2) is 14.4 Å². The molecule has 0 radical (unpaired) electrons. The Labute approximate surface area is 110 Å². The standard InChI is InChI=1S/C12H13FN4.ClH/c13-10-3-1-2-8-6-15-12(17-11(8)10)16-9-4-5-14-7-9;/h1-3,6,9,14H,4-5,7H2,(H,15,16,17);1H. The summed E-state index contributed by atoms with van der Waals surface area (Å²) in [5.41, 5.74) is 0.371. The van der Waals surface area contributed by atoms with Crippen molar-refractivity contribution in [2.45, 2.75) is 12.5 Å². The van der Waals surface area contributed by atoms with Crippen LogP contribution in [-0.4, -0.2) is 29.1 Å². The molecule has 1 aromatic heterocycles. The van der Waals surface area contributed by atoms with E-state index in [4.69, 9.17) is 0 Å². The van der Waals surface area contributed by atoms with E-state index in [1.165, 1.54) is 6.07 Å². The van der Waals surface area contributed by atoms with Crippen LogP contribution in [0.5, 0.6) is 0 Å². The summed E-state index contributed by atoms with van der Waals surface area (Å²) in [4.78, 5) is 8.41. The number of hydrogen-bond donors (Lipinski definition) is 2. The summed E-state index contributed by atoms with van der Waals surface area (Å²) in [7, 11) is 0. The van der Waals surface area contributed by atoms with Crippen LogP contribution >= 0.6 is 12.4 Å². The van der Waals surface area contributed by atoms with Crippen molar-refractivity contribution in [1.29, 1.82) is 0 Å². The van der Waals surface area contributed by atoms with E-state index < -0.39 is 0 Å². The number of nitrogens with one attached hydrogen (secondary N) is 2. The highest BCUT2D eigenvalue weighted by Gasteiger charge is 2.15. The number of anilines is 1. The molecule has 2 N–H and O–H groups in total. The van der Waals surface area contributed by atoms with Gasteiger partial charge in [-0.05, 0) is 19.0 Å². The molecule has 1 unspecified atom stereocenters. The van der Waals surface area contributed by atoms with Crippen molar-refractivity contribution in [1.82, 2.24) is 15.3 Å². The maximum absolute atomic E-state index is 13.5. The molecule has 4 nitrogen and oxygen atoms in total. The molecule has 0 amide bonds. The Morgan fingerprint density at radius 2 is 2.28 bits per heavy atom. The van der Waals surface area contributed by atoms with Gasteiger partial charge in [-0.2, -0.15) is 0 Å². The molecule has 1 saturated heterocycles. The molecule has 1 fully saturated rings. The monoisotopic (exact) mass is 268 g/mol.